The van der Waals surface area contributed by atoms with E-state index >= 15 is 0 Å². The highest BCUT2D eigenvalue weighted by molar-refractivity contribution is 5.92. The summed E-state index contributed by atoms with van der Waals surface area (Å²) < 4.78 is 1.45. The zero-order valence-electron chi connectivity index (χ0n) is 13.0. The van der Waals surface area contributed by atoms with Gasteiger partial charge in [-0.3, -0.25) is 14.6 Å². The number of piperidine rings is 1. The minimum absolute atomic E-state index is 0.00226. The molecule has 23 heavy (non-hydrogen) atoms. The molecular formula is C16H19N5O2. The van der Waals surface area contributed by atoms with Crippen molar-refractivity contribution < 1.29 is 4.79 Å². The van der Waals surface area contributed by atoms with Crippen molar-refractivity contribution in [3.8, 4) is 0 Å². The summed E-state index contributed by atoms with van der Waals surface area (Å²) in [5, 5.41) is 2.89. The molecule has 7 heteroatoms. The Hall–Kier alpha value is -2.70. The maximum Gasteiger partial charge on any atom is 0.250 e. The van der Waals surface area contributed by atoms with Crippen molar-refractivity contribution in [3.63, 3.8) is 0 Å². The van der Waals surface area contributed by atoms with Gasteiger partial charge in [0.25, 0.3) is 0 Å². The number of amides is 1. The summed E-state index contributed by atoms with van der Waals surface area (Å²) in [5.74, 6) is 0.826. The second-order valence-corrected chi connectivity index (χ2v) is 5.68. The molecular weight excluding hydrogens is 294 g/mol. The lowest BCUT2D eigenvalue weighted by Crippen LogP contribution is -2.38. The first-order chi connectivity index (χ1) is 11.1. The quantitative estimate of drug-likeness (QED) is 0.915. The van der Waals surface area contributed by atoms with Gasteiger partial charge in [-0.25, -0.2) is 4.98 Å². The van der Waals surface area contributed by atoms with Crippen LogP contribution in [-0.2, 0) is 11.8 Å². The number of carbonyl (C=O) groups is 1. The number of rotatable bonds is 3. The lowest BCUT2D eigenvalue weighted by molar-refractivity contribution is -0.120. The third-order valence-electron chi connectivity index (χ3n) is 4.09. The summed E-state index contributed by atoms with van der Waals surface area (Å²) in [6.07, 6.45) is 8.24. The molecule has 1 saturated heterocycles. The van der Waals surface area contributed by atoms with Gasteiger partial charge in [0.2, 0.25) is 11.5 Å². The highest BCUT2D eigenvalue weighted by atomic mass is 16.2. The highest BCUT2D eigenvalue weighted by Crippen LogP contribution is 2.22. The molecule has 7 nitrogen and oxygen atoms in total. The van der Waals surface area contributed by atoms with E-state index in [0.29, 0.717) is 5.69 Å². The Balaban J connectivity index is 1.58. The Morgan fingerprint density at radius 3 is 2.70 bits per heavy atom. The van der Waals surface area contributed by atoms with Crippen molar-refractivity contribution in [1.29, 1.82) is 0 Å². The first-order valence-corrected chi connectivity index (χ1v) is 7.62. The second kappa shape index (κ2) is 6.60. The largest absolute Gasteiger partial charge is 0.355 e. The molecule has 0 radical (unpaired) electrons. The monoisotopic (exact) mass is 313 g/mol. The van der Waals surface area contributed by atoms with Gasteiger partial charge < -0.3 is 14.8 Å². The van der Waals surface area contributed by atoms with E-state index in [2.05, 4.69) is 20.2 Å². The van der Waals surface area contributed by atoms with Gasteiger partial charge in [-0.1, -0.05) is 0 Å². The second-order valence-electron chi connectivity index (χ2n) is 5.68. The summed E-state index contributed by atoms with van der Waals surface area (Å²) in [6.45, 7) is 1.56. The van der Waals surface area contributed by atoms with Gasteiger partial charge in [0.15, 0.2) is 0 Å². The third kappa shape index (κ3) is 3.56. The van der Waals surface area contributed by atoms with Crippen LogP contribution in [0.25, 0.3) is 0 Å². The number of nitrogens with one attached hydrogen (secondary N) is 1. The van der Waals surface area contributed by atoms with Crippen molar-refractivity contribution in [3.05, 3.63) is 47.3 Å². The van der Waals surface area contributed by atoms with E-state index in [1.807, 2.05) is 0 Å². The molecule has 0 aliphatic carbocycles. The zero-order valence-corrected chi connectivity index (χ0v) is 13.0. The standard InChI is InChI=1S/C16H19N5O2/c1-20-11-13(2-3-15(20)22)19-16(23)12-4-8-21(9-5-12)14-10-17-6-7-18-14/h2-3,6-7,10-12H,4-5,8-9H2,1H3,(H,19,23). The third-order valence-corrected chi connectivity index (χ3v) is 4.09. The fraction of sp³-hybridized carbons (Fsp3) is 0.375. The Morgan fingerprint density at radius 1 is 1.26 bits per heavy atom. The Labute approximate surface area is 134 Å². The minimum Gasteiger partial charge on any atom is -0.355 e. The van der Waals surface area contributed by atoms with E-state index in [-0.39, 0.29) is 17.4 Å². The van der Waals surface area contributed by atoms with E-state index < -0.39 is 0 Å². The number of aromatic nitrogens is 3. The number of hydrogen-bond donors (Lipinski definition) is 1. The van der Waals surface area contributed by atoms with Crippen molar-refractivity contribution in [2.24, 2.45) is 13.0 Å². The summed E-state index contributed by atoms with van der Waals surface area (Å²) in [7, 11) is 1.66. The maximum absolute atomic E-state index is 12.4. The molecule has 3 rings (SSSR count). The molecule has 1 aliphatic rings. The number of aryl methyl sites for hydroxylation is 1. The molecule has 1 amide bonds. The van der Waals surface area contributed by atoms with E-state index in [1.54, 1.807) is 37.9 Å². The molecule has 0 saturated carbocycles. The summed E-state index contributed by atoms with van der Waals surface area (Å²) in [5.41, 5.74) is 0.550. The molecule has 1 aliphatic heterocycles. The number of pyridine rings is 1. The first-order valence-electron chi connectivity index (χ1n) is 7.62. The van der Waals surface area contributed by atoms with Crippen LogP contribution >= 0.6 is 0 Å². The summed E-state index contributed by atoms with van der Waals surface area (Å²) in [4.78, 5) is 34.2. The van der Waals surface area contributed by atoms with Crippen LogP contribution in [0.3, 0.4) is 0 Å². The average Bonchev–Trinajstić information content (AvgIpc) is 2.59. The maximum atomic E-state index is 12.4. The molecule has 1 N–H and O–H groups in total. The van der Waals surface area contributed by atoms with Gasteiger partial charge in [0.05, 0.1) is 11.9 Å². The van der Waals surface area contributed by atoms with Crippen LogP contribution in [0, 0.1) is 5.92 Å². The Morgan fingerprint density at radius 2 is 2.04 bits per heavy atom. The number of anilines is 2. The van der Waals surface area contributed by atoms with Gasteiger partial charge in [0.1, 0.15) is 5.82 Å². The van der Waals surface area contributed by atoms with Crippen LogP contribution in [0.15, 0.2) is 41.7 Å². The van der Waals surface area contributed by atoms with E-state index in [9.17, 15) is 9.59 Å². The molecule has 3 heterocycles. The molecule has 0 unspecified atom stereocenters. The molecule has 2 aromatic heterocycles. The number of nitrogens with zero attached hydrogens (tertiary/aromatic N) is 4. The van der Waals surface area contributed by atoms with Crippen LogP contribution < -0.4 is 15.8 Å². The molecule has 120 valence electrons. The predicted molar refractivity (Wildman–Crippen MR) is 87.3 cm³/mol. The normalized spacial score (nSPS) is 15.4. The molecule has 0 bridgehead atoms. The Kier molecular flexibility index (Phi) is 4.36. The van der Waals surface area contributed by atoms with Gasteiger partial charge in [-0.15, -0.1) is 0 Å². The summed E-state index contributed by atoms with van der Waals surface area (Å²) in [6, 6.07) is 3.08. The number of hydrogen-bond acceptors (Lipinski definition) is 5. The lowest BCUT2D eigenvalue weighted by Gasteiger charge is -2.31. The number of carbonyl (C=O) groups excluding carboxylic acids is 1. The van der Waals surface area contributed by atoms with Crippen LogP contribution in [0.2, 0.25) is 0 Å². The molecule has 2 aromatic rings. The minimum atomic E-state index is -0.0970. The highest BCUT2D eigenvalue weighted by Gasteiger charge is 2.25. The van der Waals surface area contributed by atoms with Crippen molar-refractivity contribution in [1.82, 2.24) is 14.5 Å². The van der Waals surface area contributed by atoms with Crippen LogP contribution in [0.4, 0.5) is 11.5 Å². The summed E-state index contributed by atoms with van der Waals surface area (Å²) >= 11 is 0. The predicted octanol–water partition coefficient (Wildman–Crippen LogP) is 1.03. The molecule has 0 atom stereocenters. The SMILES string of the molecule is Cn1cc(NC(=O)C2CCN(c3cnccn3)CC2)ccc1=O. The van der Waals surface area contributed by atoms with Crippen molar-refractivity contribution in [2.45, 2.75) is 12.8 Å². The van der Waals surface area contributed by atoms with Gasteiger partial charge in [0, 0.05) is 50.7 Å². The van der Waals surface area contributed by atoms with Gasteiger partial charge in [-0.2, -0.15) is 0 Å². The van der Waals surface area contributed by atoms with Gasteiger partial charge >= 0.3 is 0 Å². The average molecular weight is 313 g/mol. The smallest absolute Gasteiger partial charge is 0.250 e. The topological polar surface area (TPSA) is 80.1 Å². The fourth-order valence-corrected chi connectivity index (χ4v) is 2.74. The van der Waals surface area contributed by atoms with Crippen molar-refractivity contribution >= 4 is 17.4 Å². The fourth-order valence-electron chi connectivity index (χ4n) is 2.74. The first kappa shape index (κ1) is 15.2. The van der Waals surface area contributed by atoms with E-state index in [1.165, 1.54) is 10.6 Å². The molecule has 0 aromatic carbocycles. The van der Waals surface area contributed by atoms with Crippen LogP contribution in [0.5, 0.6) is 0 Å². The zero-order chi connectivity index (χ0) is 16.2. The van der Waals surface area contributed by atoms with Crippen LogP contribution in [-0.4, -0.2) is 33.5 Å². The molecule has 1 fully saturated rings. The Bertz CT molecular complexity index is 736. The van der Waals surface area contributed by atoms with Gasteiger partial charge in [-0.05, 0) is 18.9 Å². The van der Waals surface area contributed by atoms with Crippen molar-refractivity contribution in [2.75, 3.05) is 23.3 Å². The lowest BCUT2D eigenvalue weighted by atomic mass is 9.96. The van der Waals surface area contributed by atoms with E-state index in [4.69, 9.17) is 0 Å². The molecule has 0 spiro atoms. The van der Waals surface area contributed by atoms with Crippen LogP contribution in [0.1, 0.15) is 12.8 Å². The van der Waals surface area contributed by atoms with E-state index in [0.717, 1.165) is 31.7 Å².